The molecule has 1 heterocycles. The lowest BCUT2D eigenvalue weighted by atomic mass is 10.2. The third-order valence-electron chi connectivity index (χ3n) is 2.85. The first kappa shape index (κ1) is 14.1. The molecule has 0 fully saturated rings. The van der Waals surface area contributed by atoms with Crippen molar-refractivity contribution < 1.29 is 9.84 Å². The van der Waals surface area contributed by atoms with E-state index in [1.54, 1.807) is 12.1 Å². The van der Waals surface area contributed by atoms with Gasteiger partial charge in [-0.05, 0) is 31.5 Å². The van der Waals surface area contributed by atoms with E-state index in [0.29, 0.717) is 11.6 Å². The molecule has 106 valence electrons. The number of phenols is 1. The number of benzene rings is 1. The number of aromatic hydroxyl groups is 1. The molecule has 2 aromatic rings. The highest BCUT2D eigenvalue weighted by Crippen LogP contribution is 2.30. The fourth-order valence-corrected chi connectivity index (χ4v) is 1.87. The number of methoxy groups -OCH3 is 1. The maximum absolute atomic E-state index is 9.84. The summed E-state index contributed by atoms with van der Waals surface area (Å²) >= 11 is 0. The van der Waals surface area contributed by atoms with Gasteiger partial charge in [-0.25, -0.2) is 9.97 Å². The minimum Gasteiger partial charge on any atom is -0.504 e. The molecule has 1 aromatic heterocycles. The Bertz CT molecular complexity index is 600. The first-order valence-corrected chi connectivity index (χ1v) is 6.61. The van der Waals surface area contributed by atoms with Gasteiger partial charge in [0.05, 0.1) is 7.11 Å². The highest BCUT2D eigenvalue weighted by atomic mass is 16.5. The van der Waals surface area contributed by atoms with Crippen LogP contribution in [0.3, 0.4) is 0 Å². The Morgan fingerprint density at radius 1 is 1.25 bits per heavy atom. The standard InChI is InChI=1S/C15H19N3O2/c1-4-7-16-14-8-10(2)17-15(18-14)11-5-6-13(20-3)12(19)9-11/h5-6,8-9,19H,4,7H2,1-3H3,(H,16,17,18). The van der Waals surface area contributed by atoms with Gasteiger partial charge < -0.3 is 15.2 Å². The SMILES string of the molecule is CCCNc1cc(C)nc(-c2ccc(OC)c(O)c2)n1. The van der Waals surface area contributed by atoms with Gasteiger partial charge in [-0.2, -0.15) is 0 Å². The van der Waals surface area contributed by atoms with Gasteiger partial charge in [-0.3, -0.25) is 0 Å². The monoisotopic (exact) mass is 273 g/mol. The summed E-state index contributed by atoms with van der Waals surface area (Å²) in [6.07, 6.45) is 1.03. The summed E-state index contributed by atoms with van der Waals surface area (Å²) in [5.41, 5.74) is 1.63. The van der Waals surface area contributed by atoms with Crippen molar-refractivity contribution in [1.29, 1.82) is 0 Å². The molecule has 0 spiro atoms. The summed E-state index contributed by atoms with van der Waals surface area (Å²) in [4.78, 5) is 8.87. The van der Waals surface area contributed by atoms with Gasteiger partial charge in [0.25, 0.3) is 0 Å². The molecule has 0 saturated carbocycles. The molecule has 0 atom stereocenters. The molecule has 5 heteroatoms. The summed E-state index contributed by atoms with van der Waals surface area (Å²) in [6, 6.07) is 7.05. The van der Waals surface area contributed by atoms with Gasteiger partial charge in [-0.1, -0.05) is 6.92 Å². The summed E-state index contributed by atoms with van der Waals surface area (Å²) < 4.78 is 5.03. The average Bonchev–Trinajstić information content (AvgIpc) is 2.44. The minimum absolute atomic E-state index is 0.0816. The van der Waals surface area contributed by atoms with E-state index in [1.165, 1.54) is 7.11 Å². The van der Waals surface area contributed by atoms with Crippen LogP contribution in [0.4, 0.5) is 5.82 Å². The van der Waals surface area contributed by atoms with E-state index in [4.69, 9.17) is 4.74 Å². The maximum Gasteiger partial charge on any atom is 0.161 e. The zero-order valence-electron chi connectivity index (χ0n) is 12.0. The van der Waals surface area contributed by atoms with Gasteiger partial charge in [0, 0.05) is 23.9 Å². The number of aromatic nitrogens is 2. The Kier molecular flexibility index (Phi) is 4.40. The van der Waals surface area contributed by atoms with Gasteiger partial charge in [0.15, 0.2) is 17.3 Å². The van der Waals surface area contributed by atoms with Crippen LogP contribution in [0.5, 0.6) is 11.5 Å². The number of anilines is 1. The van der Waals surface area contributed by atoms with Gasteiger partial charge in [-0.15, -0.1) is 0 Å². The van der Waals surface area contributed by atoms with E-state index >= 15 is 0 Å². The Balaban J connectivity index is 2.36. The lowest BCUT2D eigenvalue weighted by Gasteiger charge is -2.09. The maximum atomic E-state index is 9.84. The van der Waals surface area contributed by atoms with Crippen LogP contribution in [0, 0.1) is 6.92 Å². The molecule has 0 aliphatic carbocycles. The van der Waals surface area contributed by atoms with E-state index in [0.717, 1.165) is 30.0 Å². The molecule has 0 amide bonds. The highest BCUT2D eigenvalue weighted by molar-refractivity contribution is 5.62. The van der Waals surface area contributed by atoms with Gasteiger partial charge in [0.2, 0.25) is 0 Å². The number of hydrogen-bond acceptors (Lipinski definition) is 5. The normalized spacial score (nSPS) is 10.3. The lowest BCUT2D eigenvalue weighted by Crippen LogP contribution is -2.04. The van der Waals surface area contributed by atoms with Crippen molar-refractivity contribution in [2.45, 2.75) is 20.3 Å². The van der Waals surface area contributed by atoms with Crippen LogP contribution in [0.25, 0.3) is 11.4 Å². The molecule has 5 nitrogen and oxygen atoms in total. The van der Waals surface area contributed by atoms with Crippen LogP contribution >= 0.6 is 0 Å². The molecule has 2 rings (SSSR count). The molecule has 0 radical (unpaired) electrons. The first-order valence-electron chi connectivity index (χ1n) is 6.61. The van der Waals surface area contributed by atoms with Crippen molar-refractivity contribution in [2.24, 2.45) is 0 Å². The zero-order chi connectivity index (χ0) is 14.5. The summed E-state index contributed by atoms with van der Waals surface area (Å²) in [6.45, 7) is 4.89. The number of rotatable bonds is 5. The van der Waals surface area contributed by atoms with Crippen LogP contribution in [0.2, 0.25) is 0 Å². The van der Waals surface area contributed by atoms with Crippen LogP contribution in [0.1, 0.15) is 19.0 Å². The molecule has 20 heavy (non-hydrogen) atoms. The fraction of sp³-hybridized carbons (Fsp3) is 0.333. The molecule has 0 aliphatic rings. The van der Waals surface area contributed by atoms with Gasteiger partial charge in [0.1, 0.15) is 5.82 Å². The fourth-order valence-electron chi connectivity index (χ4n) is 1.87. The van der Waals surface area contributed by atoms with E-state index in [1.807, 2.05) is 19.1 Å². The van der Waals surface area contributed by atoms with Gasteiger partial charge >= 0.3 is 0 Å². The van der Waals surface area contributed by atoms with E-state index < -0.39 is 0 Å². The van der Waals surface area contributed by atoms with E-state index in [9.17, 15) is 5.11 Å². The molecule has 2 N–H and O–H groups in total. The summed E-state index contributed by atoms with van der Waals surface area (Å²) in [5, 5.41) is 13.1. The molecular weight excluding hydrogens is 254 g/mol. The Morgan fingerprint density at radius 3 is 2.70 bits per heavy atom. The Hall–Kier alpha value is -2.30. The highest BCUT2D eigenvalue weighted by Gasteiger charge is 2.08. The van der Waals surface area contributed by atoms with Crippen molar-refractivity contribution in [1.82, 2.24) is 9.97 Å². The van der Waals surface area contributed by atoms with Crippen molar-refractivity contribution in [3.63, 3.8) is 0 Å². The second-order valence-corrected chi connectivity index (χ2v) is 4.53. The van der Waals surface area contributed by atoms with Crippen molar-refractivity contribution in [2.75, 3.05) is 19.0 Å². The van der Waals surface area contributed by atoms with Crippen LogP contribution in [0.15, 0.2) is 24.3 Å². The van der Waals surface area contributed by atoms with Crippen LogP contribution in [-0.4, -0.2) is 28.7 Å². The number of phenolic OH excluding ortho intramolecular Hbond substituents is 1. The molecule has 0 bridgehead atoms. The quantitative estimate of drug-likeness (QED) is 0.876. The molecular formula is C15H19N3O2. The summed E-state index contributed by atoms with van der Waals surface area (Å²) in [5.74, 6) is 1.90. The third kappa shape index (κ3) is 3.17. The predicted molar refractivity (Wildman–Crippen MR) is 79.2 cm³/mol. The first-order chi connectivity index (χ1) is 9.63. The molecule has 0 unspecified atom stereocenters. The van der Waals surface area contributed by atoms with E-state index in [-0.39, 0.29) is 5.75 Å². The van der Waals surface area contributed by atoms with Crippen LogP contribution < -0.4 is 10.1 Å². The average molecular weight is 273 g/mol. The third-order valence-corrected chi connectivity index (χ3v) is 2.85. The van der Waals surface area contributed by atoms with Crippen molar-refractivity contribution in [3.8, 4) is 22.9 Å². The van der Waals surface area contributed by atoms with E-state index in [2.05, 4.69) is 22.2 Å². The minimum atomic E-state index is 0.0816. The second kappa shape index (κ2) is 6.23. The van der Waals surface area contributed by atoms with Crippen molar-refractivity contribution in [3.05, 3.63) is 30.0 Å². The summed E-state index contributed by atoms with van der Waals surface area (Å²) in [7, 11) is 1.52. The lowest BCUT2D eigenvalue weighted by molar-refractivity contribution is 0.373. The van der Waals surface area contributed by atoms with Crippen molar-refractivity contribution >= 4 is 5.82 Å². The number of nitrogens with one attached hydrogen (secondary N) is 1. The smallest absolute Gasteiger partial charge is 0.161 e. The number of aryl methyl sites for hydroxylation is 1. The Labute approximate surface area is 118 Å². The molecule has 0 aliphatic heterocycles. The number of hydrogen-bond donors (Lipinski definition) is 2. The zero-order valence-corrected chi connectivity index (χ0v) is 12.0. The topological polar surface area (TPSA) is 67.3 Å². The molecule has 0 saturated heterocycles. The Morgan fingerprint density at radius 2 is 2.05 bits per heavy atom. The van der Waals surface area contributed by atoms with Crippen LogP contribution in [-0.2, 0) is 0 Å². The number of ether oxygens (including phenoxy) is 1. The largest absolute Gasteiger partial charge is 0.504 e. The number of nitrogens with zero attached hydrogens (tertiary/aromatic N) is 2. The molecule has 1 aromatic carbocycles. The second-order valence-electron chi connectivity index (χ2n) is 4.53. The predicted octanol–water partition coefficient (Wildman–Crippen LogP) is 2.99.